The van der Waals surface area contributed by atoms with Gasteiger partial charge in [-0.25, -0.2) is 8.78 Å². The van der Waals surface area contributed by atoms with Gasteiger partial charge in [-0.05, 0) is 48.5 Å². The van der Waals surface area contributed by atoms with E-state index in [4.69, 9.17) is 23.2 Å². The highest BCUT2D eigenvalue weighted by Crippen LogP contribution is 2.10. The molecule has 2 nitrogen and oxygen atoms in total. The monoisotopic (exact) mass is 312 g/mol. The van der Waals surface area contributed by atoms with Crippen LogP contribution in [0.25, 0.3) is 0 Å². The molecule has 0 saturated carbocycles. The van der Waals surface area contributed by atoms with Crippen molar-refractivity contribution in [2.24, 2.45) is 10.2 Å². The van der Waals surface area contributed by atoms with Crippen LogP contribution in [0.3, 0.4) is 0 Å². The molecule has 6 heteroatoms. The Kier molecular flexibility index (Phi) is 4.82. The molecule has 2 aromatic rings. The first-order valence-electron chi connectivity index (χ1n) is 5.55. The van der Waals surface area contributed by atoms with Gasteiger partial charge in [0.2, 0.25) is 0 Å². The van der Waals surface area contributed by atoms with Gasteiger partial charge in [0.05, 0.1) is 0 Å². The minimum atomic E-state index is -0.369. The maximum absolute atomic E-state index is 12.8. The Labute approximate surface area is 124 Å². The molecule has 0 aromatic heterocycles. The summed E-state index contributed by atoms with van der Waals surface area (Å²) < 4.78 is 25.5. The minimum Gasteiger partial charge on any atom is -0.207 e. The van der Waals surface area contributed by atoms with Crippen molar-refractivity contribution in [1.82, 2.24) is 0 Å². The summed E-state index contributed by atoms with van der Waals surface area (Å²) in [6.45, 7) is 0. The zero-order valence-electron chi connectivity index (χ0n) is 10.0. The lowest BCUT2D eigenvalue weighted by Gasteiger charge is -1.98. The van der Waals surface area contributed by atoms with Crippen LogP contribution in [0.1, 0.15) is 11.1 Å². The van der Waals surface area contributed by atoms with Crippen LogP contribution < -0.4 is 0 Å². The molecule has 0 bridgehead atoms. The van der Waals surface area contributed by atoms with Crippen molar-refractivity contribution < 1.29 is 8.78 Å². The summed E-state index contributed by atoms with van der Waals surface area (Å²) >= 11 is 11.8. The highest BCUT2D eigenvalue weighted by molar-refractivity contribution is 6.71. The van der Waals surface area contributed by atoms with E-state index < -0.39 is 0 Å². The van der Waals surface area contributed by atoms with Crippen LogP contribution in [0.15, 0.2) is 58.7 Å². The molecule has 0 atom stereocenters. The van der Waals surface area contributed by atoms with Gasteiger partial charge in [0.15, 0.2) is 10.3 Å². The second-order valence-electron chi connectivity index (χ2n) is 3.80. The van der Waals surface area contributed by atoms with E-state index in [1.54, 1.807) is 0 Å². The van der Waals surface area contributed by atoms with Crippen LogP contribution in [0.4, 0.5) is 8.78 Å². The van der Waals surface area contributed by atoms with Crippen LogP contribution in [-0.2, 0) is 0 Å². The Morgan fingerprint density at radius 3 is 1.25 bits per heavy atom. The van der Waals surface area contributed by atoms with Crippen molar-refractivity contribution in [3.05, 3.63) is 71.3 Å². The smallest absolute Gasteiger partial charge is 0.158 e. The third-order valence-electron chi connectivity index (χ3n) is 2.39. The Bertz CT molecular complexity index is 590. The number of hydrogen-bond acceptors (Lipinski definition) is 2. The third-order valence-corrected chi connectivity index (χ3v) is 2.98. The SMILES string of the molecule is Fc1ccc(/C(Cl)=N\N=C(\Cl)c2ccc(F)cc2)cc1. The Balaban J connectivity index is 2.19. The zero-order chi connectivity index (χ0) is 14.5. The average Bonchev–Trinajstić information content (AvgIpc) is 2.46. The summed E-state index contributed by atoms with van der Waals surface area (Å²) in [5.41, 5.74) is 1.03. The maximum atomic E-state index is 12.8. The molecule has 0 aliphatic carbocycles. The first-order valence-corrected chi connectivity index (χ1v) is 6.30. The lowest BCUT2D eigenvalue weighted by Crippen LogP contribution is -1.93. The topological polar surface area (TPSA) is 24.7 Å². The number of hydrogen-bond donors (Lipinski definition) is 0. The molecule has 0 heterocycles. The van der Waals surface area contributed by atoms with Gasteiger partial charge in [-0.2, -0.15) is 0 Å². The van der Waals surface area contributed by atoms with Gasteiger partial charge in [-0.3, -0.25) is 0 Å². The second kappa shape index (κ2) is 6.59. The standard InChI is InChI=1S/C14H8Cl2F2N2/c15-13(9-1-5-11(17)6-2-9)19-20-14(16)10-3-7-12(18)8-4-10/h1-8H/b19-13+,20-14+. The van der Waals surface area contributed by atoms with Gasteiger partial charge >= 0.3 is 0 Å². The van der Waals surface area contributed by atoms with Gasteiger partial charge < -0.3 is 0 Å². The first-order chi connectivity index (χ1) is 9.56. The van der Waals surface area contributed by atoms with Crippen molar-refractivity contribution in [2.75, 3.05) is 0 Å². The largest absolute Gasteiger partial charge is 0.207 e. The Hall–Kier alpha value is -1.78. The van der Waals surface area contributed by atoms with E-state index in [0.29, 0.717) is 11.1 Å². The highest BCUT2D eigenvalue weighted by Gasteiger charge is 2.02. The van der Waals surface area contributed by atoms with E-state index in [2.05, 4.69) is 10.2 Å². The first kappa shape index (κ1) is 14.6. The number of halogens is 4. The Morgan fingerprint density at radius 2 is 0.950 bits per heavy atom. The zero-order valence-corrected chi connectivity index (χ0v) is 11.5. The minimum absolute atomic E-state index is 0.0743. The fourth-order valence-corrected chi connectivity index (χ4v) is 1.71. The molecule has 0 aliphatic heterocycles. The molecule has 20 heavy (non-hydrogen) atoms. The van der Waals surface area contributed by atoms with Crippen LogP contribution in [0.5, 0.6) is 0 Å². The van der Waals surface area contributed by atoms with Gasteiger partial charge in [0.25, 0.3) is 0 Å². The lowest BCUT2D eigenvalue weighted by molar-refractivity contribution is 0.627. The molecule has 0 amide bonds. The quantitative estimate of drug-likeness (QED) is 0.586. The number of rotatable bonds is 3. The molecule has 0 N–H and O–H groups in total. The molecule has 0 aliphatic rings. The molecule has 0 fully saturated rings. The van der Waals surface area contributed by atoms with E-state index in [9.17, 15) is 8.78 Å². The molecule has 2 rings (SSSR count). The highest BCUT2D eigenvalue weighted by atomic mass is 35.5. The predicted octanol–water partition coefficient (Wildman–Crippen LogP) is 4.55. The van der Waals surface area contributed by atoms with Crippen molar-refractivity contribution in [3.8, 4) is 0 Å². The molecule has 0 radical (unpaired) electrons. The van der Waals surface area contributed by atoms with Crippen molar-refractivity contribution in [2.45, 2.75) is 0 Å². The van der Waals surface area contributed by atoms with Crippen LogP contribution >= 0.6 is 23.2 Å². The van der Waals surface area contributed by atoms with E-state index in [-0.39, 0.29) is 22.0 Å². The molecular formula is C14H8Cl2F2N2. The van der Waals surface area contributed by atoms with Gasteiger partial charge in [0.1, 0.15) is 11.6 Å². The third kappa shape index (κ3) is 3.85. The van der Waals surface area contributed by atoms with Crippen molar-refractivity contribution in [3.63, 3.8) is 0 Å². The van der Waals surface area contributed by atoms with Gasteiger partial charge in [0, 0.05) is 11.1 Å². The Morgan fingerprint density at radius 1 is 0.650 bits per heavy atom. The van der Waals surface area contributed by atoms with Crippen LogP contribution in [-0.4, -0.2) is 10.3 Å². The molecule has 102 valence electrons. The predicted molar refractivity (Wildman–Crippen MR) is 77.6 cm³/mol. The van der Waals surface area contributed by atoms with Crippen LogP contribution in [0.2, 0.25) is 0 Å². The molecule has 0 saturated heterocycles. The number of nitrogens with zero attached hydrogens (tertiary/aromatic N) is 2. The summed E-state index contributed by atoms with van der Waals surface area (Å²) in [6.07, 6.45) is 0. The van der Waals surface area contributed by atoms with Crippen molar-refractivity contribution in [1.29, 1.82) is 0 Å². The fraction of sp³-hybridized carbons (Fsp3) is 0. The summed E-state index contributed by atoms with van der Waals surface area (Å²) in [4.78, 5) is 0. The van der Waals surface area contributed by atoms with E-state index in [1.807, 2.05) is 0 Å². The lowest BCUT2D eigenvalue weighted by atomic mass is 10.2. The van der Waals surface area contributed by atoms with Crippen LogP contribution in [0, 0.1) is 11.6 Å². The summed E-state index contributed by atoms with van der Waals surface area (Å²) in [6, 6.07) is 10.9. The number of benzene rings is 2. The normalized spacial score (nSPS) is 12.6. The van der Waals surface area contributed by atoms with E-state index >= 15 is 0 Å². The van der Waals surface area contributed by atoms with E-state index in [1.165, 1.54) is 48.5 Å². The maximum Gasteiger partial charge on any atom is 0.158 e. The van der Waals surface area contributed by atoms with Gasteiger partial charge in [-0.1, -0.05) is 23.2 Å². The fourth-order valence-electron chi connectivity index (χ4n) is 1.38. The van der Waals surface area contributed by atoms with E-state index in [0.717, 1.165) is 0 Å². The van der Waals surface area contributed by atoms with Gasteiger partial charge in [-0.15, -0.1) is 10.2 Å². The summed E-state index contributed by atoms with van der Waals surface area (Å²) in [7, 11) is 0. The molecular weight excluding hydrogens is 305 g/mol. The second-order valence-corrected chi connectivity index (χ2v) is 4.51. The average molecular weight is 313 g/mol. The molecule has 2 aromatic carbocycles. The molecule has 0 spiro atoms. The molecule has 0 unspecified atom stereocenters. The summed E-state index contributed by atoms with van der Waals surface area (Å²) in [5, 5.41) is 7.64. The summed E-state index contributed by atoms with van der Waals surface area (Å²) in [5.74, 6) is -0.739. The van der Waals surface area contributed by atoms with Crippen molar-refractivity contribution >= 4 is 33.5 Å².